The minimum atomic E-state index is -0.324. The van der Waals surface area contributed by atoms with Crippen molar-refractivity contribution in [2.75, 3.05) is 19.7 Å². The van der Waals surface area contributed by atoms with E-state index < -0.39 is 0 Å². The second-order valence-corrected chi connectivity index (χ2v) is 7.38. The number of ether oxygens (including phenoxy) is 1. The number of hydrogen-bond donors (Lipinski definition) is 0. The molecule has 1 aliphatic rings. The molecular weight excluding hydrogens is 395 g/mol. The van der Waals surface area contributed by atoms with Crippen LogP contribution in [0.4, 0.5) is 4.39 Å². The summed E-state index contributed by atoms with van der Waals surface area (Å²) in [5.41, 5.74) is 2.20. The molecule has 1 aliphatic heterocycles. The molecule has 0 saturated carbocycles. The van der Waals surface area contributed by atoms with E-state index in [-0.39, 0.29) is 17.8 Å². The maximum Gasteiger partial charge on any atom is 0.259 e. The van der Waals surface area contributed by atoms with E-state index in [1.807, 2.05) is 59.4 Å². The Kier molecular flexibility index (Phi) is 5.09. The summed E-state index contributed by atoms with van der Waals surface area (Å²) in [7, 11) is 0. The molecule has 7 heteroatoms. The lowest BCUT2D eigenvalue weighted by Gasteiger charge is -2.33. The van der Waals surface area contributed by atoms with Crippen LogP contribution in [0, 0.1) is 5.82 Å². The standard InChI is InChI=1S/C24H21FN4O2/c25-19-8-10-20(11-9-19)29-23(27-12-4-5-13-27)21(16-26-29)24(30)28-14-15-31-22(17-28)18-6-2-1-3-7-18/h1-13,16,22H,14-15,17H2. The van der Waals surface area contributed by atoms with Gasteiger partial charge in [-0.2, -0.15) is 5.10 Å². The molecular formula is C24H21FN4O2. The number of halogens is 1. The van der Waals surface area contributed by atoms with E-state index >= 15 is 0 Å². The summed E-state index contributed by atoms with van der Waals surface area (Å²) in [6.07, 6.45) is 5.13. The van der Waals surface area contributed by atoms with Gasteiger partial charge < -0.3 is 14.2 Å². The van der Waals surface area contributed by atoms with E-state index in [1.54, 1.807) is 27.9 Å². The first kappa shape index (κ1) is 19.3. The summed E-state index contributed by atoms with van der Waals surface area (Å²) in [6, 6.07) is 19.7. The van der Waals surface area contributed by atoms with E-state index in [2.05, 4.69) is 5.10 Å². The molecule has 0 radical (unpaired) electrons. The molecule has 6 nitrogen and oxygen atoms in total. The van der Waals surface area contributed by atoms with Gasteiger partial charge in [0.1, 0.15) is 17.5 Å². The van der Waals surface area contributed by atoms with Gasteiger partial charge in [0.2, 0.25) is 0 Å². The van der Waals surface area contributed by atoms with Gasteiger partial charge in [-0.05, 0) is 42.0 Å². The smallest absolute Gasteiger partial charge is 0.259 e. The molecule has 1 atom stereocenters. The van der Waals surface area contributed by atoms with Crippen LogP contribution in [0.25, 0.3) is 11.5 Å². The second-order valence-electron chi connectivity index (χ2n) is 7.38. The Bertz CT molecular complexity index is 1170. The van der Waals surface area contributed by atoms with Gasteiger partial charge in [0.05, 0.1) is 25.0 Å². The largest absolute Gasteiger partial charge is 0.370 e. The second kappa shape index (κ2) is 8.20. The fraction of sp³-hybridized carbons (Fsp3) is 0.167. The maximum atomic E-state index is 13.5. The van der Waals surface area contributed by atoms with E-state index in [0.29, 0.717) is 36.8 Å². The predicted molar refractivity (Wildman–Crippen MR) is 114 cm³/mol. The quantitative estimate of drug-likeness (QED) is 0.505. The average molecular weight is 416 g/mol. The molecule has 1 saturated heterocycles. The van der Waals surface area contributed by atoms with Crippen molar-refractivity contribution in [1.29, 1.82) is 0 Å². The van der Waals surface area contributed by atoms with Crippen molar-refractivity contribution in [2.24, 2.45) is 0 Å². The third-order valence-corrected chi connectivity index (χ3v) is 5.42. The van der Waals surface area contributed by atoms with Crippen LogP contribution in [0.2, 0.25) is 0 Å². The van der Waals surface area contributed by atoms with E-state index in [4.69, 9.17) is 4.74 Å². The van der Waals surface area contributed by atoms with Crippen LogP contribution in [0.15, 0.2) is 85.3 Å². The van der Waals surface area contributed by atoms with E-state index in [9.17, 15) is 9.18 Å². The highest BCUT2D eigenvalue weighted by Crippen LogP contribution is 2.26. The lowest BCUT2D eigenvalue weighted by molar-refractivity contribution is -0.0228. The van der Waals surface area contributed by atoms with Crippen LogP contribution in [-0.4, -0.2) is 44.9 Å². The number of aromatic nitrogens is 3. The predicted octanol–water partition coefficient (Wildman–Crippen LogP) is 4.02. The molecule has 2 aromatic carbocycles. The molecule has 156 valence electrons. The van der Waals surface area contributed by atoms with Gasteiger partial charge in [-0.1, -0.05) is 30.3 Å². The normalized spacial score (nSPS) is 16.4. The molecule has 3 heterocycles. The first-order valence-corrected chi connectivity index (χ1v) is 10.1. The zero-order chi connectivity index (χ0) is 21.2. The number of benzene rings is 2. The summed E-state index contributed by atoms with van der Waals surface area (Å²) < 4.78 is 22.8. The molecule has 4 aromatic rings. The van der Waals surface area contributed by atoms with Crippen LogP contribution in [0.3, 0.4) is 0 Å². The van der Waals surface area contributed by atoms with Gasteiger partial charge in [0.15, 0.2) is 5.82 Å². The number of carbonyl (C=O) groups excluding carboxylic acids is 1. The summed E-state index contributed by atoms with van der Waals surface area (Å²) >= 11 is 0. The number of morpholine rings is 1. The minimum absolute atomic E-state index is 0.110. The summed E-state index contributed by atoms with van der Waals surface area (Å²) in [5, 5.41) is 4.46. The van der Waals surface area contributed by atoms with Crippen LogP contribution in [0.1, 0.15) is 22.0 Å². The average Bonchev–Trinajstić information content (AvgIpc) is 3.50. The minimum Gasteiger partial charge on any atom is -0.370 e. The van der Waals surface area contributed by atoms with E-state index in [0.717, 1.165) is 5.56 Å². The molecule has 1 amide bonds. The Hall–Kier alpha value is -3.71. The fourth-order valence-corrected chi connectivity index (χ4v) is 3.86. The molecule has 0 aliphatic carbocycles. The highest BCUT2D eigenvalue weighted by atomic mass is 19.1. The molecule has 1 unspecified atom stereocenters. The number of hydrogen-bond acceptors (Lipinski definition) is 3. The molecule has 0 spiro atoms. The van der Waals surface area contributed by atoms with Crippen molar-refractivity contribution in [3.05, 3.63) is 102 Å². The molecule has 31 heavy (non-hydrogen) atoms. The fourth-order valence-electron chi connectivity index (χ4n) is 3.86. The molecule has 2 aromatic heterocycles. The number of rotatable bonds is 4. The first-order valence-electron chi connectivity index (χ1n) is 10.1. The highest BCUT2D eigenvalue weighted by molar-refractivity contribution is 5.97. The number of carbonyl (C=O) groups is 1. The van der Waals surface area contributed by atoms with Crippen molar-refractivity contribution in [1.82, 2.24) is 19.2 Å². The topological polar surface area (TPSA) is 52.3 Å². The third kappa shape index (κ3) is 3.75. The van der Waals surface area contributed by atoms with Gasteiger partial charge >= 0.3 is 0 Å². The van der Waals surface area contributed by atoms with E-state index in [1.165, 1.54) is 12.1 Å². The Balaban J connectivity index is 1.49. The lowest BCUT2D eigenvalue weighted by atomic mass is 10.1. The van der Waals surface area contributed by atoms with Crippen molar-refractivity contribution in [3.8, 4) is 11.5 Å². The Morgan fingerprint density at radius 1 is 1.00 bits per heavy atom. The van der Waals surface area contributed by atoms with Gasteiger partial charge in [-0.15, -0.1) is 0 Å². The van der Waals surface area contributed by atoms with Crippen LogP contribution in [-0.2, 0) is 4.74 Å². The van der Waals surface area contributed by atoms with Gasteiger partial charge in [-0.25, -0.2) is 9.07 Å². The first-order chi connectivity index (χ1) is 15.2. The van der Waals surface area contributed by atoms with Crippen molar-refractivity contribution >= 4 is 5.91 Å². The monoisotopic (exact) mass is 416 g/mol. The molecule has 5 rings (SSSR count). The number of amides is 1. The van der Waals surface area contributed by atoms with Gasteiger partial charge in [0, 0.05) is 18.9 Å². The zero-order valence-electron chi connectivity index (χ0n) is 16.8. The van der Waals surface area contributed by atoms with Crippen molar-refractivity contribution < 1.29 is 13.9 Å². The molecule has 0 bridgehead atoms. The summed E-state index contributed by atoms with van der Waals surface area (Å²) in [6.45, 7) is 1.45. The zero-order valence-corrected chi connectivity index (χ0v) is 16.8. The third-order valence-electron chi connectivity index (χ3n) is 5.42. The van der Waals surface area contributed by atoms with Crippen LogP contribution in [0.5, 0.6) is 0 Å². The lowest BCUT2D eigenvalue weighted by Crippen LogP contribution is -2.42. The number of nitrogens with zero attached hydrogens (tertiary/aromatic N) is 4. The van der Waals surface area contributed by atoms with Crippen molar-refractivity contribution in [2.45, 2.75) is 6.10 Å². The summed E-state index contributed by atoms with van der Waals surface area (Å²) in [4.78, 5) is 15.3. The molecule has 0 N–H and O–H groups in total. The van der Waals surface area contributed by atoms with Gasteiger partial charge in [0.25, 0.3) is 5.91 Å². The van der Waals surface area contributed by atoms with Gasteiger partial charge in [-0.3, -0.25) is 4.79 Å². The Morgan fingerprint density at radius 3 is 2.48 bits per heavy atom. The highest BCUT2D eigenvalue weighted by Gasteiger charge is 2.29. The van der Waals surface area contributed by atoms with Crippen molar-refractivity contribution in [3.63, 3.8) is 0 Å². The molecule has 1 fully saturated rings. The maximum absolute atomic E-state index is 13.5. The van der Waals surface area contributed by atoms with Crippen LogP contribution >= 0.6 is 0 Å². The Morgan fingerprint density at radius 2 is 1.74 bits per heavy atom. The van der Waals surface area contributed by atoms with Crippen LogP contribution < -0.4 is 0 Å². The SMILES string of the molecule is O=C(c1cnn(-c2ccc(F)cc2)c1-n1cccc1)N1CCOC(c2ccccc2)C1. The Labute approximate surface area is 179 Å². The summed E-state index contributed by atoms with van der Waals surface area (Å²) in [5.74, 6) is 0.181.